The van der Waals surface area contributed by atoms with E-state index in [4.69, 9.17) is 12.6 Å². The van der Waals surface area contributed by atoms with Crippen LogP contribution in [0, 0.1) is 0 Å². The highest BCUT2D eigenvalue weighted by Gasteiger charge is 2.40. The Bertz CT molecular complexity index is 1060. The van der Waals surface area contributed by atoms with Gasteiger partial charge in [0.1, 0.15) is 13.9 Å². The van der Waals surface area contributed by atoms with Crippen molar-refractivity contribution in [3.8, 4) is 0 Å². The lowest BCUT2D eigenvalue weighted by Gasteiger charge is -2.29. The summed E-state index contributed by atoms with van der Waals surface area (Å²) in [6.07, 6.45) is 1.23. The number of hydrogen-bond acceptors (Lipinski definition) is 4. The van der Waals surface area contributed by atoms with Crippen molar-refractivity contribution >= 4 is 36.6 Å². The molecule has 0 spiro atoms. The highest BCUT2D eigenvalue weighted by atomic mass is 16.5. The molecule has 2 aliphatic heterocycles. The summed E-state index contributed by atoms with van der Waals surface area (Å²) >= 11 is 0. The Morgan fingerprint density at radius 3 is 2.50 bits per heavy atom. The van der Waals surface area contributed by atoms with E-state index in [2.05, 4.69) is 48.6 Å². The Kier molecular flexibility index (Phi) is 7.00. The van der Waals surface area contributed by atoms with E-state index in [1.807, 2.05) is 6.07 Å². The number of nitrogens with zero attached hydrogens (tertiary/aromatic N) is 2. The van der Waals surface area contributed by atoms with E-state index in [1.54, 1.807) is 36.3 Å². The number of methoxy groups -OCH3 is 1. The first-order chi connectivity index (χ1) is 16.2. The monoisotopic (exact) mass is 460 g/mol. The van der Waals surface area contributed by atoms with E-state index < -0.39 is 6.04 Å². The molecular weight excluding hydrogens is 427 g/mol. The molecule has 0 aliphatic carbocycles. The largest absolute Gasteiger partial charge is 0.380 e. The fourth-order valence-electron chi connectivity index (χ4n) is 5.08. The molecule has 2 radical (unpaired) electrons. The van der Waals surface area contributed by atoms with Gasteiger partial charge in [-0.25, -0.2) is 4.79 Å². The third kappa shape index (κ3) is 5.28. The molecule has 4 rings (SSSR count). The minimum absolute atomic E-state index is 0.0270. The first-order valence-electron chi connectivity index (χ1n) is 11.7. The standard InChI is InChI=1S/C26H33BN4O3/c1-26(2)16-30(3)12-11-17-5-8-20(13-22(17)26)28-24(32)23-14-21(34-4)15-31(23)25(33)29-19-9-6-18(27)7-10-19/h5-10,13,21,23H,11-12,14-16H2,1-4H3,(H,28,32)(H,29,33). The normalized spacial score (nSPS) is 22.1. The molecule has 2 aliphatic rings. The second-order valence-corrected chi connectivity index (χ2v) is 10.0. The van der Waals surface area contributed by atoms with Crippen molar-refractivity contribution in [3.05, 3.63) is 53.6 Å². The lowest BCUT2D eigenvalue weighted by molar-refractivity contribution is -0.119. The van der Waals surface area contributed by atoms with E-state index in [0.717, 1.165) is 25.2 Å². The Labute approximate surface area is 203 Å². The van der Waals surface area contributed by atoms with E-state index in [9.17, 15) is 9.59 Å². The Hall–Kier alpha value is -2.84. The average molecular weight is 460 g/mol. The Morgan fingerprint density at radius 2 is 1.79 bits per heavy atom. The Balaban J connectivity index is 1.51. The first kappa shape index (κ1) is 24.3. The predicted molar refractivity (Wildman–Crippen MR) is 136 cm³/mol. The third-order valence-corrected chi connectivity index (χ3v) is 6.86. The molecule has 3 amide bonds. The number of amides is 3. The molecule has 7 nitrogen and oxygen atoms in total. The number of fused-ring (bicyclic) bond motifs is 1. The highest BCUT2D eigenvalue weighted by molar-refractivity contribution is 6.32. The van der Waals surface area contributed by atoms with Crippen LogP contribution in [0.15, 0.2) is 42.5 Å². The van der Waals surface area contributed by atoms with Crippen LogP contribution in [0.4, 0.5) is 16.2 Å². The summed E-state index contributed by atoms with van der Waals surface area (Å²) < 4.78 is 5.49. The molecule has 2 unspecified atom stereocenters. The minimum Gasteiger partial charge on any atom is -0.380 e. The van der Waals surface area contributed by atoms with Crippen LogP contribution in [0.1, 0.15) is 31.4 Å². The summed E-state index contributed by atoms with van der Waals surface area (Å²) in [4.78, 5) is 30.2. The fourth-order valence-corrected chi connectivity index (χ4v) is 5.08. The number of ether oxygens (including phenoxy) is 1. The maximum absolute atomic E-state index is 13.3. The molecule has 8 heteroatoms. The number of carbonyl (C=O) groups is 2. The summed E-state index contributed by atoms with van der Waals surface area (Å²) in [6.45, 7) is 6.79. The summed E-state index contributed by atoms with van der Waals surface area (Å²) in [5.41, 5.74) is 4.54. The lowest BCUT2D eigenvalue weighted by atomic mass is 9.81. The van der Waals surface area contributed by atoms with Crippen molar-refractivity contribution in [2.75, 3.05) is 44.4 Å². The molecule has 34 heavy (non-hydrogen) atoms. The van der Waals surface area contributed by atoms with Crippen LogP contribution in [0.2, 0.25) is 0 Å². The number of benzene rings is 2. The van der Waals surface area contributed by atoms with Gasteiger partial charge in [0.05, 0.1) is 6.10 Å². The maximum atomic E-state index is 13.3. The zero-order chi connectivity index (χ0) is 24.5. The predicted octanol–water partition coefficient (Wildman–Crippen LogP) is 2.51. The van der Waals surface area contributed by atoms with Gasteiger partial charge >= 0.3 is 6.03 Å². The van der Waals surface area contributed by atoms with E-state index in [-0.39, 0.29) is 23.5 Å². The van der Waals surface area contributed by atoms with Gasteiger partial charge < -0.3 is 25.2 Å². The van der Waals surface area contributed by atoms with Crippen molar-refractivity contribution < 1.29 is 14.3 Å². The molecule has 1 fully saturated rings. The first-order valence-corrected chi connectivity index (χ1v) is 11.7. The molecule has 0 bridgehead atoms. The number of nitrogens with one attached hydrogen (secondary N) is 2. The number of hydrogen-bond donors (Lipinski definition) is 2. The lowest BCUT2D eigenvalue weighted by Crippen LogP contribution is -2.45. The SMILES string of the molecule is [B]c1ccc(NC(=O)N2CC(OC)CC2C(=O)Nc2ccc3c(c2)C(C)(C)CN(C)CC3)cc1. The molecule has 2 N–H and O–H groups in total. The van der Waals surface area contributed by atoms with Crippen LogP contribution >= 0.6 is 0 Å². The number of rotatable bonds is 4. The van der Waals surface area contributed by atoms with Crippen molar-refractivity contribution in [1.82, 2.24) is 9.80 Å². The second kappa shape index (κ2) is 9.80. The van der Waals surface area contributed by atoms with Crippen molar-refractivity contribution in [2.45, 2.75) is 44.2 Å². The average Bonchev–Trinajstić information content (AvgIpc) is 3.20. The highest BCUT2D eigenvalue weighted by Crippen LogP contribution is 2.33. The maximum Gasteiger partial charge on any atom is 0.322 e. The molecule has 178 valence electrons. The minimum atomic E-state index is -0.628. The molecular formula is C26H33BN4O3. The zero-order valence-corrected chi connectivity index (χ0v) is 20.4. The van der Waals surface area contributed by atoms with Crippen molar-refractivity contribution in [3.63, 3.8) is 0 Å². The molecule has 2 atom stereocenters. The quantitative estimate of drug-likeness (QED) is 0.688. The van der Waals surface area contributed by atoms with Crippen LogP contribution in [0.5, 0.6) is 0 Å². The molecule has 1 saturated heterocycles. The molecule has 0 aromatic heterocycles. The van der Waals surface area contributed by atoms with Gasteiger partial charge in [0.2, 0.25) is 5.91 Å². The molecule has 2 aromatic rings. The summed E-state index contributed by atoms with van der Waals surface area (Å²) in [5.74, 6) is -0.212. The summed E-state index contributed by atoms with van der Waals surface area (Å²) in [6, 6.07) is 12.1. The number of anilines is 2. The van der Waals surface area contributed by atoms with Crippen LogP contribution < -0.4 is 16.1 Å². The van der Waals surface area contributed by atoms with Gasteiger partial charge in [-0.05, 0) is 48.9 Å². The third-order valence-electron chi connectivity index (χ3n) is 6.86. The zero-order valence-electron chi connectivity index (χ0n) is 20.4. The van der Waals surface area contributed by atoms with Crippen LogP contribution in [-0.4, -0.2) is 75.5 Å². The van der Waals surface area contributed by atoms with Crippen molar-refractivity contribution in [2.24, 2.45) is 0 Å². The van der Waals surface area contributed by atoms with Crippen molar-refractivity contribution in [1.29, 1.82) is 0 Å². The van der Waals surface area contributed by atoms with Crippen LogP contribution in [0.3, 0.4) is 0 Å². The number of likely N-dealkylation sites (tertiary alicyclic amines) is 1. The van der Waals surface area contributed by atoms with E-state index in [0.29, 0.717) is 24.1 Å². The number of urea groups is 1. The fraction of sp³-hybridized carbons (Fsp3) is 0.462. The van der Waals surface area contributed by atoms with E-state index >= 15 is 0 Å². The number of carbonyl (C=O) groups excluding carboxylic acids is 2. The topological polar surface area (TPSA) is 73.9 Å². The second-order valence-electron chi connectivity index (χ2n) is 10.0. The van der Waals surface area contributed by atoms with Crippen LogP contribution in [-0.2, 0) is 21.4 Å². The Morgan fingerprint density at radius 1 is 1.09 bits per heavy atom. The van der Waals surface area contributed by atoms with Crippen LogP contribution in [0.25, 0.3) is 0 Å². The van der Waals surface area contributed by atoms with Gasteiger partial charge in [-0.1, -0.05) is 37.5 Å². The molecule has 0 saturated carbocycles. The van der Waals surface area contributed by atoms with Gasteiger partial charge in [0, 0.05) is 50.0 Å². The van der Waals surface area contributed by atoms with Gasteiger partial charge in [-0.15, -0.1) is 0 Å². The molecule has 2 aromatic carbocycles. The summed E-state index contributed by atoms with van der Waals surface area (Å²) in [7, 11) is 9.48. The smallest absolute Gasteiger partial charge is 0.322 e. The van der Waals surface area contributed by atoms with Gasteiger partial charge in [0.25, 0.3) is 0 Å². The van der Waals surface area contributed by atoms with Gasteiger partial charge in [0.15, 0.2) is 0 Å². The van der Waals surface area contributed by atoms with Gasteiger partial charge in [-0.3, -0.25) is 4.79 Å². The molecule has 2 heterocycles. The van der Waals surface area contributed by atoms with E-state index in [1.165, 1.54) is 11.1 Å². The number of likely N-dealkylation sites (N-methyl/N-ethyl adjacent to an activating group) is 1. The summed E-state index contributed by atoms with van der Waals surface area (Å²) in [5, 5.41) is 5.92. The van der Waals surface area contributed by atoms with Gasteiger partial charge in [-0.2, -0.15) is 0 Å².